The summed E-state index contributed by atoms with van der Waals surface area (Å²) in [5.74, 6) is 0. The molecule has 0 aromatic heterocycles. The number of aliphatic hydroxyl groups is 1. The van der Waals surface area contributed by atoms with Gasteiger partial charge in [-0.3, -0.25) is 4.90 Å². The second-order valence-electron chi connectivity index (χ2n) is 6.34. The van der Waals surface area contributed by atoms with E-state index in [1.807, 2.05) is 18.2 Å². The largest absolute Gasteiger partial charge is 0.415 e. The first-order chi connectivity index (χ1) is 10.9. The van der Waals surface area contributed by atoms with E-state index in [0.29, 0.717) is 19.1 Å². The maximum absolute atomic E-state index is 12.5. The van der Waals surface area contributed by atoms with Crippen LogP contribution in [0.1, 0.15) is 24.8 Å². The van der Waals surface area contributed by atoms with Crippen LogP contribution in [0.3, 0.4) is 0 Å². The van der Waals surface area contributed by atoms with Gasteiger partial charge in [-0.05, 0) is 45.0 Å². The molecular weight excluding hydrogens is 305 g/mol. The van der Waals surface area contributed by atoms with E-state index in [0.717, 1.165) is 25.8 Å². The lowest BCUT2D eigenvalue weighted by molar-refractivity contribution is -0.208. The average molecular weight is 330 g/mol. The van der Waals surface area contributed by atoms with Crippen molar-refractivity contribution in [2.75, 3.05) is 26.7 Å². The molecule has 0 radical (unpaired) electrons. The van der Waals surface area contributed by atoms with Crippen LogP contribution in [0, 0.1) is 0 Å². The van der Waals surface area contributed by atoms with Gasteiger partial charge in [0.2, 0.25) is 0 Å². The summed E-state index contributed by atoms with van der Waals surface area (Å²) in [4.78, 5) is 4.01. The van der Waals surface area contributed by atoms with Crippen LogP contribution < -0.4 is 0 Å². The molecule has 1 aromatic carbocycles. The van der Waals surface area contributed by atoms with E-state index >= 15 is 0 Å². The molecule has 1 heterocycles. The minimum Gasteiger partial charge on any atom is -0.382 e. The van der Waals surface area contributed by atoms with Crippen LogP contribution in [-0.2, 0) is 6.54 Å². The standard InChI is InChI=1S/C17H25F3N2O/c1-21(12-14-6-3-2-4-7-14)15-8-5-10-22(11-9-15)13-16(23)17(18,19)20/h2-4,6-7,15-16,23H,5,8-13H2,1H3/t15-,16-/m0/s1. The molecule has 1 saturated heterocycles. The van der Waals surface area contributed by atoms with Crippen LogP contribution in [0.25, 0.3) is 0 Å². The fourth-order valence-corrected chi connectivity index (χ4v) is 3.11. The zero-order valence-electron chi connectivity index (χ0n) is 13.5. The highest BCUT2D eigenvalue weighted by Crippen LogP contribution is 2.23. The Morgan fingerprint density at radius 2 is 1.91 bits per heavy atom. The van der Waals surface area contributed by atoms with Crippen LogP contribution in [0.2, 0.25) is 0 Å². The number of rotatable bonds is 5. The Hall–Kier alpha value is -1.11. The van der Waals surface area contributed by atoms with Crippen molar-refractivity contribution in [2.45, 2.75) is 44.1 Å². The molecule has 6 heteroatoms. The first kappa shape index (κ1) is 18.2. The highest BCUT2D eigenvalue weighted by Gasteiger charge is 2.39. The third-order valence-corrected chi connectivity index (χ3v) is 4.50. The Kier molecular flexibility index (Phi) is 6.44. The average Bonchev–Trinajstić information content (AvgIpc) is 2.73. The molecule has 1 aliphatic rings. The van der Waals surface area contributed by atoms with Crippen molar-refractivity contribution in [2.24, 2.45) is 0 Å². The van der Waals surface area contributed by atoms with Gasteiger partial charge < -0.3 is 10.0 Å². The van der Waals surface area contributed by atoms with Gasteiger partial charge in [0, 0.05) is 19.1 Å². The van der Waals surface area contributed by atoms with Crippen molar-refractivity contribution in [3.05, 3.63) is 35.9 Å². The van der Waals surface area contributed by atoms with Gasteiger partial charge in [0.25, 0.3) is 0 Å². The Morgan fingerprint density at radius 3 is 2.57 bits per heavy atom. The number of alkyl halides is 3. The predicted molar refractivity (Wildman–Crippen MR) is 84.0 cm³/mol. The molecule has 3 nitrogen and oxygen atoms in total. The fourth-order valence-electron chi connectivity index (χ4n) is 3.11. The van der Waals surface area contributed by atoms with Crippen molar-refractivity contribution in [1.29, 1.82) is 0 Å². The summed E-state index contributed by atoms with van der Waals surface area (Å²) >= 11 is 0. The first-order valence-corrected chi connectivity index (χ1v) is 8.07. The van der Waals surface area contributed by atoms with Crippen LogP contribution >= 0.6 is 0 Å². The highest BCUT2D eigenvalue weighted by atomic mass is 19.4. The van der Waals surface area contributed by atoms with Gasteiger partial charge in [0.05, 0.1) is 0 Å². The van der Waals surface area contributed by atoms with Crippen molar-refractivity contribution in [3.8, 4) is 0 Å². The van der Waals surface area contributed by atoms with Gasteiger partial charge in [0.15, 0.2) is 6.10 Å². The maximum atomic E-state index is 12.5. The number of benzene rings is 1. The summed E-state index contributed by atoms with van der Waals surface area (Å²) in [6.07, 6.45) is -4.12. The Bertz CT molecular complexity index is 467. The fraction of sp³-hybridized carbons (Fsp3) is 0.647. The molecule has 0 aliphatic carbocycles. The molecule has 0 spiro atoms. The van der Waals surface area contributed by atoms with Gasteiger partial charge in [-0.25, -0.2) is 0 Å². The van der Waals surface area contributed by atoms with E-state index in [1.54, 1.807) is 4.90 Å². The molecule has 23 heavy (non-hydrogen) atoms. The number of hydrogen-bond acceptors (Lipinski definition) is 3. The summed E-state index contributed by atoms with van der Waals surface area (Å²) in [6, 6.07) is 10.5. The molecular formula is C17H25F3N2O. The molecule has 1 aromatic rings. The molecule has 1 N–H and O–H groups in total. The summed E-state index contributed by atoms with van der Waals surface area (Å²) in [5.41, 5.74) is 1.24. The SMILES string of the molecule is CN(Cc1ccccc1)[C@H]1CCCN(C[C@H](O)C(F)(F)F)CC1. The Balaban J connectivity index is 1.83. The molecule has 2 atom stereocenters. The quantitative estimate of drug-likeness (QED) is 0.899. The molecule has 1 aliphatic heterocycles. The molecule has 1 fully saturated rings. The van der Waals surface area contributed by atoms with Crippen LogP contribution in [0.4, 0.5) is 13.2 Å². The number of aliphatic hydroxyl groups excluding tert-OH is 1. The molecule has 0 saturated carbocycles. The van der Waals surface area contributed by atoms with Gasteiger partial charge in [-0.1, -0.05) is 30.3 Å². The van der Waals surface area contributed by atoms with Gasteiger partial charge >= 0.3 is 6.18 Å². The molecule has 0 amide bonds. The number of hydrogen-bond donors (Lipinski definition) is 1. The van der Waals surface area contributed by atoms with Crippen molar-refractivity contribution >= 4 is 0 Å². The zero-order chi connectivity index (χ0) is 16.9. The van der Waals surface area contributed by atoms with E-state index < -0.39 is 12.3 Å². The summed E-state index contributed by atoms with van der Waals surface area (Å²) in [5, 5.41) is 9.22. The number of nitrogens with zero attached hydrogens (tertiary/aromatic N) is 2. The normalized spacial score (nSPS) is 22.1. The minimum atomic E-state index is -4.53. The van der Waals surface area contributed by atoms with E-state index in [9.17, 15) is 18.3 Å². The van der Waals surface area contributed by atoms with Crippen LogP contribution in [0.5, 0.6) is 0 Å². The van der Waals surface area contributed by atoms with E-state index in [2.05, 4.69) is 24.1 Å². The monoisotopic (exact) mass is 330 g/mol. The minimum absolute atomic E-state index is 0.321. The molecule has 2 rings (SSSR count). The topological polar surface area (TPSA) is 26.7 Å². The van der Waals surface area contributed by atoms with Gasteiger partial charge in [-0.2, -0.15) is 13.2 Å². The third kappa shape index (κ3) is 5.79. The molecule has 0 bridgehead atoms. The molecule has 0 unspecified atom stereocenters. The number of likely N-dealkylation sites (tertiary alicyclic amines) is 1. The Labute approximate surface area is 135 Å². The number of β-amino-alcohol motifs (C(OH)–C–C–N with tert-alkyl or cyclic N) is 1. The van der Waals surface area contributed by atoms with E-state index in [4.69, 9.17) is 0 Å². The van der Waals surface area contributed by atoms with Gasteiger partial charge in [0.1, 0.15) is 0 Å². The van der Waals surface area contributed by atoms with Crippen molar-refractivity contribution in [3.63, 3.8) is 0 Å². The lowest BCUT2D eigenvalue weighted by Gasteiger charge is -2.28. The third-order valence-electron chi connectivity index (χ3n) is 4.50. The Morgan fingerprint density at radius 1 is 1.22 bits per heavy atom. The maximum Gasteiger partial charge on any atom is 0.415 e. The van der Waals surface area contributed by atoms with Crippen LogP contribution in [-0.4, -0.2) is 59.9 Å². The summed E-state index contributed by atoms with van der Waals surface area (Å²) in [6.45, 7) is 1.73. The second-order valence-corrected chi connectivity index (χ2v) is 6.34. The predicted octanol–water partition coefficient (Wildman–Crippen LogP) is 2.90. The molecule has 130 valence electrons. The zero-order valence-corrected chi connectivity index (χ0v) is 13.5. The number of halogens is 3. The van der Waals surface area contributed by atoms with E-state index in [-0.39, 0.29) is 6.54 Å². The lowest BCUT2D eigenvalue weighted by Crippen LogP contribution is -2.41. The summed E-state index contributed by atoms with van der Waals surface area (Å²) in [7, 11) is 2.07. The first-order valence-electron chi connectivity index (χ1n) is 8.07. The van der Waals surface area contributed by atoms with Crippen molar-refractivity contribution < 1.29 is 18.3 Å². The van der Waals surface area contributed by atoms with Crippen molar-refractivity contribution in [1.82, 2.24) is 9.80 Å². The van der Waals surface area contributed by atoms with Gasteiger partial charge in [-0.15, -0.1) is 0 Å². The van der Waals surface area contributed by atoms with E-state index in [1.165, 1.54) is 5.56 Å². The highest BCUT2D eigenvalue weighted by molar-refractivity contribution is 5.14. The summed E-state index contributed by atoms with van der Waals surface area (Å²) < 4.78 is 37.4. The smallest absolute Gasteiger partial charge is 0.382 e. The van der Waals surface area contributed by atoms with Crippen LogP contribution in [0.15, 0.2) is 30.3 Å². The second kappa shape index (κ2) is 8.13. The lowest BCUT2D eigenvalue weighted by atomic mass is 10.1.